The molecule has 1 aromatic carbocycles. The van der Waals surface area contributed by atoms with Crippen molar-refractivity contribution in [2.24, 2.45) is 0 Å². The normalized spacial score (nSPS) is 14.9. The number of rotatable bonds is 3. The molecule has 1 N–H and O–H groups in total. The minimum absolute atomic E-state index is 0.0540. The summed E-state index contributed by atoms with van der Waals surface area (Å²) in [5.74, 6) is 0.720. The molecular formula is C15H17N3O3S. The smallest absolute Gasteiger partial charge is 0.272 e. The Morgan fingerprint density at radius 1 is 1.27 bits per heavy atom. The maximum atomic E-state index is 12.5. The molecule has 1 aromatic heterocycles. The molecule has 1 amide bonds. The van der Waals surface area contributed by atoms with E-state index >= 15 is 0 Å². The van der Waals surface area contributed by atoms with Crippen molar-refractivity contribution in [3.05, 3.63) is 40.9 Å². The summed E-state index contributed by atoms with van der Waals surface area (Å²) in [4.78, 5) is 17.2. The van der Waals surface area contributed by atoms with Gasteiger partial charge in [-0.1, -0.05) is 0 Å². The average molecular weight is 319 g/mol. The molecule has 0 spiro atoms. The summed E-state index contributed by atoms with van der Waals surface area (Å²) in [6, 6.07) is 7.50. The Morgan fingerprint density at radius 2 is 1.95 bits per heavy atom. The lowest BCUT2D eigenvalue weighted by Gasteiger charge is -2.26. The first-order valence-electron chi connectivity index (χ1n) is 7.02. The van der Waals surface area contributed by atoms with Gasteiger partial charge in [0, 0.05) is 25.0 Å². The minimum Gasteiger partial charge on any atom is -0.497 e. The summed E-state index contributed by atoms with van der Waals surface area (Å²) < 4.78 is 12.7. The Bertz CT molecular complexity index is 714. The summed E-state index contributed by atoms with van der Waals surface area (Å²) in [5, 5.41) is 0. The number of amides is 1. The van der Waals surface area contributed by atoms with Gasteiger partial charge in [0.15, 0.2) is 4.77 Å². The number of benzene rings is 1. The quantitative estimate of drug-likeness (QED) is 0.879. The summed E-state index contributed by atoms with van der Waals surface area (Å²) in [5.41, 5.74) is 1.37. The van der Waals surface area contributed by atoms with Gasteiger partial charge >= 0.3 is 0 Å². The molecule has 2 aromatic rings. The van der Waals surface area contributed by atoms with Crippen LogP contribution in [0.25, 0.3) is 5.69 Å². The van der Waals surface area contributed by atoms with Crippen LogP contribution in [0.2, 0.25) is 0 Å². The molecule has 0 saturated carbocycles. The second-order valence-corrected chi connectivity index (χ2v) is 5.33. The maximum absolute atomic E-state index is 12.5. The largest absolute Gasteiger partial charge is 0.497 e. The van der Waals surface area contributed by atoms with Gasteiger partial charge in [0.2, 0.25) is 0 Å². The predicted molar refractivity (Wildman–Crippen MR) is 84.2 cm³/mol. The van der Waals surface area contributed by atoms with Crippen LogP contribution >= 0.6 is 12.2 Å². The highest BCUT2D eigenvalue weighted by molar-refractivity contribution is 7.71. The monoisotopic (exact) mass is 319 g/mol. The van der Waals surface area contributed by atoms with Gasteiger partial charge in [-0.2, -0.15) is 0 Å². The zero-order valence-electron chi connectivity index (χ0n) is 12.2. The molecule has 1 saturated heterocycles. The van der Waals surface area contributed by atoms with E-state index in [0.717, 1.165) is 11.4 Å². The van der Waals surface area contributed by atoms with Crippen molar-refractivity contribution in [3.8, 4) is 11.4 Å². The van der Waals surface area contributed by atoms with E-state index in [0.29, 0.717) is 36.8 Å². The maximum Gasteiger partial charge on any atom is 0.272 e. The van der Waals surface area contributed by atoms with Gasteiger partial charge in [-0.05, 0) is 36.5 Å². The van der Waals surface area contributed by atoms with E-state index < -0.39 is 0 Å². The minimum atomic E-state index is -0.0540. The van der Waals surface area contributed by atoms with Crippen LogP contribution in [0.5, 0.6) is 5.75 Å². The summed E-state index contributed by atoms with van der Waals surface area (Å²) in [6.45, 7) is 2.36. The third kappa shape index (κ3) is 2.90. The van der Waals surface area contributed by atoms with E-state index in [4.69, 9.17) is 21.7 Å². The molecular weight excluding hydrogens is 302 g/mol. The predicted octanol–water partition coefficient (Wildman–Crippen LogP) is 2.02. The molecule has 1 aliphatic heterocycles. The number of morpholine rings is 1. The second-order valence-electron chi connectivity index (χ2n) is 4.95. The fraction of sp³-hybridized carbons (Fsp3) is 0.333. The third-order valence-corrected chi connectivity index (χ3v) is 3.90. The van der Waals surface area contributed by atoms with E-state index in [2.05, 4.69) is 4.98 Å². The van der Waals surface area contributed by atoms with Gasteiger partial charge in [-0.3, -0.25) is 9.36 Å². The Labute approximate surface area is 133 Å². The molecule has 0 unspecified atom stereocenters. The summed E-state index contributed by atoms with van der Waals surface area (Å²) in [7, 11) is 1.62. The van der Waals surface area contributed by atoms with E-state index in [1.807, 2.05) is 24.3 Å². The molecule has 3 rings (SSSR count). The van der Waals surface area contributed by atoms with Crippen LogP contribution in [0.4, 0.5) is 0 Å². The van der Waals surface area contributed by atoms with Gasteiger partial charge in [-0.15, -0.1) is 0 Å². The highest BCUT2D eigenvalue weighted by Crippen LogP contribution is 2.16. The SMILES string of the molecule is COc1ccc(-n2cc(C(=O)N3CCOCC3)[nH]c2=S)cc1. The van der Waals surface area contributed by atoms with Crippen molar-refractivity contribution in [3.63, 3.8) is 0 Å². The van der Waals surface area contributed by atoms with Crippen LogP contribution in [0.3, 0.4) is 0 Å². The van der Waals surface area contributed by atoms with Crippen LogP contribution < -0.4 is 4.74 Å². The highest BCUT2D eigenvalue weighted by Gasteiger charge is 2.20. The molecule has 0 aliphatic carbocycles. The van der Waals surface area contributed by atoms with Gasteiger partial charge < -0.3 is 19.4 Å². The number of nitrogens with one attached hydrogen (secondary N) is 1. The Morgan fingerprint density at radius 3 is 2.59 bits per heavy atom. The average Bonchev–Trinajstić information content (AvgIpc) is 2.97. The van der Waals surface area contributed by atoms with Crippen LogP contribution in [0, 0.1) is 4.77 Å². The number of carbonyl (C=O) groups is 1. The molecule has 1 aliphatic rings. The number of hydrogen-bond acceptors (Lipinski definition) is 4. The van der Waals surface area contributed by atoms with Gasteiger partial charge in [-0.25, -0.2) is 0 Å². The zero-order chi connectivity index (χ0) is 15.5. The molecule has 6 nitrogen and oxygen atoms in total. The number of methoxy groups -OCH3 is 1. The lowest BCUT2D eigenvalue weighted by Crippen LogP contribution is -2.40. The Balaban J connectivity index is 1.86. The van der Waals surface area contributed by atoms with Crippen LogP contribution in [0.15, 0.2) is 30.5 Å². The van der Waals surface area contributed by atoms with Crippen molar-refractivity contribution in [2.45, 2.75) is 0 Å². The standard InChI is InChI=1S/C15H17N3O3S/c1-20-12-4-2-11(3-5-12)18-10-13(16-15(18)22)14(19)17-6-8-21-9-7-17/h2-5,10H,6-9H2,1H3,(H,16,22). The molecule has 0 bridgehead atoms. The molecule has 1 fully saturated rings. The number of nitrogens with zero attached hydrogens (tertiary/aromatic N) is 2. The van der Waals surface area contributed by atoms with Gasteiger partial charge in [0.05, 0.1) is 20.3 Å². The number of imidazole rings is 1. The number of H-pyrrole nitrogens is 1. The van der Waals surface area contributed by atoms with E-state index in [9.17, 15) is 4.79 Å². The Kier molecular flexibility index (Phi) is 4.26. The molecule has 116 valence electrons. The van der Waals surface area contributed by atoms with E-state index in [-0.39, 0.29) is 5.91 Å². The number of carbonyl (C=O) groups excluding carboxylic acids is 1. The Hall–Kier alpha value is -2.12. The van der Waals surface area contributed by atoms with Crippen molar-refractivity contribution >= 4 is 18.1 Å². The van der Waals surface area contributed by atoms with Gasteiger partial charge in [0.25, 0.3) is 5.91 Å². The van der Waals surface area contributed by atoms with Crippen molar-refractivity contribution in [1.82, 2.24) is 14.5 Å². The number of aromatic nitrogens is 2. The van der Waals surface area contributed by atoms with E-state index in [1.54, 1.807) is 22.8 Å². The fourth-order valence-corrected chi connectivity index (χ4v) is 2.64. The van der Waals surface area contributed by atoms with Crippen LogP contribution in [-0.2, 0) is 4.74 Å². The second kappa shape index (κ2) is 6.33. The fourth-order valence-electron chi connectivity index (χ4n) is 2.38. The number of aromatic amines is 1. The summed E-state index contributed by atoms with van der Waals surface area (Å²) in [6.07, 6.45) is 1.74. The van der Waals surface area contributed by atoms with Crippen molar-refractivity contribution < 1.29 is 14.3 Å². The zero-order valence-corrected chi connectivity index (χ0v) is 13.1. The first-order chi connectivity index (χ1) is 10.7. The third-order valence-electron chi connectivity index (χ3n) is 3.60. The first kappa shape index (κ1) is 14.8. The van der Waals surface area contributed by atoms with Crippen molar-refractivity contribution in [2.75, 3.05) is 33.4 Å². The van der Waals surface area contributed by atoms with Crippen molar-refractivity contribution in [1.29, 1.82) is 0 Å². The van der Waals surface area contributed by atoms with E-state index in [1.165, 1.54) is 0 Å². The first-order valence-corrected chi connectivity index (χ1v) is 7.43. The highest BCUT2D eigenvalue weighted by atomic mass is 32.1. The molecule has 0 radical (unpaired) electrons. The molecule has 0 atom stereocenters. The molecule has 2 heterocycles. The van der Waals surface area contributed by atoms with Gasteiger partial charge in [0.1, 0.15) is 11.4 Å². The van der Waals surface area contributed by atoms with Crippen LogP contribution in [-0.4, -0.2) is 53.8 Å². The van der Waals surface area contributed by atoms with Crippen LogP contribution in [0.1, 0.15) is 10.5 Å². The topological polar surface area (TPSA) is 59.5 Å². The molecule has 7 heteroatoms. The lowest BCUT2D eigenvalue weighted by atomic mass is 10.3. The number of hydrogen-bond donors (Lipinski definition) is 1. The lowest BCUT2D eigenvalue weighted by molar-refractivity contribution is 0.0299. The number of ether oxygens (including phenoxy) is 2. The summed E-state index contributed by atoms with van der Waals surface area (Å²) >= 11 is 5.32. The molecule has 22 heavy (non-hydrogen) atoms.